The Kier molecular flexibility index (Phi) is 5.89. The third-order valence-electron chi connectivity index (χ3n) is 9.06. The highest BCUT2D eigenvalue weighted by atomic mass is 16.3. The van der Waals surface area contributed by atoms with Crippen molar-refractivity contribution in [2.45, 2.75) is 0 Å². The maximum atomic E-state index is 6.55. The molecule has 0 fully saturated rings. The molecule has 0 unspecified atom stereocenters. The van der Waals surface area contributed by atoms with E-state index in [-0.39, 0.29) is 0 Å². The molecule has 210 valence electrons. The van der Waals surface area contributed by atoms with Gasteiger partial charge in [-0.15, -0.1) is 0 Å². The van der Waals surface area contributed by atoms with E-state index in [1.807, 2.05) is 0 Å². The van der Waals surface area contributed by atoms with Crippen LogP contribution < -0.4 is 0 Å². The third kappa shape index (κ3) is 4.17. The lowest BCUT2D eigenvalue weighted by Gasteiger charge is -2.18. The summed E-state index contributed by atoms with van der Waals surface area (Å²) in [7, 11) is 0. The summed E-state index contributed by atoms with van der Waals surface area (Å²) in [5.41, 5.74) is 11.5. The molecule has 0 spiro atoms. The molecule has 1 aromatic heterocycles. The van der Waals surface area contributed by atoms with Gasteiger partial charge in [-0.2, -0.15) is 0 Å². The molecule has 0 aliphatic rings. The quantitative estimate of drug-likeness (QED) is 0.191. The van der Waals surface area contributed by atoms with Gasteiger partial charge in [-0.3, -0.25) is 0 Å². The molecule has 1 heteroatoms. The molecule has 0 bridgehead atoms. The predicted octanol–water partition coefficient (Wildman–Crippen LogP) is 12.6. The van der Waals surface area contributed by atoms with Gasteiger partial charge in [0.2, 0.25) is 0 Å². The van der Waals surface area contributed by atoms with Gasteiger partial charge in [0.25, 0.3) is 0 Å². The van der Waals surface area contributed by atoms with Crippen LogP contribution in [0.4, 0.5) is 0 Å². The van der Waals surface area contributed by atoms with Gasteiger partial charge in [0.05, 0.1) is 0 Å². The summed E-state index contributed by atoms with van der Waals surface area (Å²) < 4.78 is 6.55. The number of rotatable bonds is 4. The van der Waals surface area contributed by atoms with Gasteiger partial charge in [0.15, 0.2) is 0 Å². The minimum atomic E-state index is 0.902. The Balaban J connectivity index is 1.29. The number of furan rings is 1. The minimum absolute atomic E-state index is 0.902. The second-order valence-corrected chi connectivity index (χ2v) is 11.6. The van der Waals surface area contributed by atoms with Gasteiger partial charge in [-0.05, 0) is 90.3 Å². The molecule has 0 saturated carbocycles. The first-order chi connectivity index (χ1) is 22.3. The molecule has 0 N–H and O–H groups in total. The van der Waals surface area contributed by atoms with Crippen LogP contribution in [0.2, 0.25) is 0 Å². The SMILES string of the molecule is c1ccc(-c2cccc(-c3c4ccccc4c(-c4ccc5c(c4)oc4cccc(-c6ccccc6)c45)c4ccccc34)c2)cc1. The second-order valence-electron chi connectivity index (χ2n) is 11.6. The lowest BCUT2D eigenvalue weighted by Crippen LogP contribution is -1.91. The van der Waals surface area contributed by atoms with Crippen LogP contribution in [0.3, 0.4) is 0 Å². The van der Waals surface area contributed by atoms with Gasteiger partial charge < -0.3 is 4.42 Å². The highest BCUT2D eigenvalue weighted by Crippen LogP contribution is 2.45. The molecule has 0 aliphatic carbocycles. The van der Waals surface area contributed by atoms with Crippen molar-refractivity contribution in [3.8, 4) is 44.5 Å². The molecule has 1 heterocycles. The van der Waals surface area contributed by atoms with Gasteiger partial charge in [0.1, 0.15) is 11.2 Å². The van der Waals surface area contributed by atoms with Crippen LogP contribution in [-0.2, 0) is 0 Å². The first-order valence-electron chi connectivity index (χ1n) is 15.4. The molecule has 9 rings (SSSR count). The van der Waals surface area contributed by atoms with Crippen LogP contribution in [0.25, 0.3) is 88.0 Å². The van der Waals surface area contributed by atoms with E-state index < -0.39 is 0 Å². The van der Waals surface area contributed by atoms with E-state index >= 15 is 0 Å². The van der Waals surface area contributed by atoms with Crippen molar-refractivity contribution in [2.75, 3.05) is 0 Å². The molecule has 9 aromatic rings. The summed E-state index contributed by atoms with van der Waals surface area (Å²) in [6.07, 6.45) is 0. The van der Waals surface area contributed by atoms with Crippen LogP contribution in [-0.4, -0.2) is 0 Å². The van der Waals surface area contributed by atoms with Gasteiger partial charge >= 0.3 is 0 Å². The summed E-state index contributed by atoms with van der Waals surface area (Å²) in [5, 5.41) is 7.25. The van der Waals surface area contributed by atoms with E-state index in [1.165, 1.54) is 60.5 Å². The van der Waals surface area contributed by atoms with E-state index in [0.717, 1.165) is 27.5 Å². The summed E-state index contributed by atoms with van der Waals surface area (Å²) >= 11 is 0. The van der Waals surface area contributed by atoms with Crippen LogP contribution in [0, 0.1) is 0 Å². The van der Waals surface area contributed by atoms with Crippen molar-refractivity contribution in [3.63, 3.8) is 0 Å². The smallest absolute Gasteiger partial charge is 0.136 e. The number of benzene rings is 8. The molecule has 45 heavy (non-hydrogen) atoms. The van der Waals surface area contributed by atoms with E-state index in [9.17, 15) is 0 Å². The Bertz CT molecular complexity index is 2460. The summed E-state index contributed by atoms with van der Waals surface area (Å²) in [6.45, 7) is 0. The Labute approximate surface area is 261 Å². The van der Waals surface area contributed by atoms with Crippen molar-refractivity contribution in [2.24, 2.45) is 0 Å². The first kappa shape index (κ1) is 25.6. The fourth-order valence-corrected chi connectivity index (χ4v) is 7.07. The summed E-state index contributed by atoms with van der Waals surface area (Å²) in [4.78, 5) is 0. The van der Waals surface area contributed by atoms with Crippen LogP contribution in [0.5, 0.6) is 0 Å². The molecule has 0 atom stereocenters. The van der Waals surface area contributed by atoms with Crippen molar-refractivity contribution < 1.29 is 4.42 Å². The van der Waals surface area contributed by atoms with Crippen LogP contribution in [0.15, 0.2) is 174 Å². The van der Waals surface area contributed by atoms with Gasteiger partial charge in [-0.1, -0.05) is 146 Å². The lowest BCUT2D eigenvalue weighted by atomic mass is 9.85. The average molecular weight is 573 g/mol. The Morgan fingerprint density at radius 1 is 0.289 bits per heavy atom. The number of fused-ring (bicyclic) bond motifs is 5. The highest BCUT2D eigenvalue weighted by molar-refractivity contribution is 6.22. The molecule has 0 amide bonds. The first-order valence-corrected chi connectivity index (χ1v) is 15.4. The fourth-order valence-electron chi connectivity index (χ4n) is 7.07. The van der Waals surface area contributed by atoms with Gasteiger partial charge in [-0.25, -0.2) is 0 Å². The maximum Gasteiger partial charge on any atom is 0.136 e. The van der Waals surface area contributed by atoms with E-state index in [2.05, 4.69) is 170 Å². The molecule has 8 aromatic carbocycles. The fraction of sp³-hybridized carbons (Fsp3) is 0. The molecular formula is C44H28O. The zero-order chi connectivity index (χ0) is 29.7. The van der Waals surface area contributed by atoms with Crippen molar-refractivity contribution >= 4 is 43.5 Å². The van der Waals surface area contributed by atoms with Crippen molar-refractivity contribution in [1.82, 2.24) is 0 Å². The summed E-state index contributed by atoms with van der Waals surface area (Å²) in [5.74, 6) is 0. The van der Waals surface area contributed by atoms with E-state index in [1.54, 1.807) is 0 Å². The Morgan fingerprint density at radius 2 is 0.800 bits per heavy atom. The standard InChI is InChI=1S/C44H28O/c1-3-13-29(14-4-1)31-17-11-18-32(27-31)42-35-19-7-9-21-37(35)43(38-22-10-8-20-36(38)42)33-25-26-39-41(28-33)45-40-24-12-23-34(44(39)40)30-15-5-2-6-16-30/h1-28H. The summed E-state index contributed by atoms with van der Waals surface area (Å²) in [6, 6.07) is 60.9. The maximum absolute atomic E-state index is 6.55. The second kappa shape index (κ2) is 10.4. The minimum Gasteiger partial charge on any atom is -0.456 e. The van der Waals surface area contributed by atoms with Crippen LogP contribution >= 0.6 is 0 Å². The van der Waals surface area contributed by atoms with E-state index in [0.29, 0.717) is 0 Å². The van der Waals surface area contributed by atoms with Gasteiger partial charge in [0, 0.05) is 10.8 Å². The topological polar surface area (TPSA) is 13.1 Å². The zero-order valence-corrected chi connectivity index (χ0v) is 24.6. The number of hydrogen-bond donors (Lipinski definition) is 0. The monoisotopic (exact) mass is 572 g/mol. The molecule has 0 radical (unpaired) electrons. The normalized spacial score (nSPS) is 11.6. The lowest BCUT2D eigenvalue weighted by molar-refractivity contribution is 0.669. The highest BCUT2D eigenvalue weighted by Gasteiger charge is 2.19. The average Bonchev–Trinajstić information content (AvgIpc) is 3.49. The largest absolute Gasteiger partial charge is 0.456 e. The zero-order valence-electron chi connectivity index (χ0n) is 24.6. The number of hydrogen-bond acceptors (Lipinski definition) is 1. The van der Waals surface area contributed by atoms with Crippen molar-refractivity contribution in [1.29, 1.82) is 0 Å². The third-order valence-corrected chi connectivity index (χ3v) is 9.06. The molecular weight excluding hydrogens is 544 g/mol. The predicted molar refractivity (Wildman–Crippen MR) is 190 cm³/mol. The molecule has 1 nitrogen and oxygen atoms in total. The van der Waals surface area contributed by atoms with E-state index in [4.69, 9.17) is 4.42 Å². The Hall–Kier alpha value is -5.92. The van der Waals surface area contributed by atoms with Crippen LogP contribution in [0.1, 0.15) is 0 Å². The molecule has 0 saturated heterocycles. The molecule has 0 aliphatic heterocycles. The van der Waals surface area contributed by atoms with Crippen molar-refractivity contribution in [3.05, 3.63) is 170 Å². The Morgan fingerprint density at radius 3 is 1.44 bits per heavy atom.